The third-order valence-electron chi connectivity index (χ3n) is 7.82. The Kier molecular flexibility index (Phi) is 3.05. The smallest absolute Gasteiger partial charge is 0.325 e. The number of hydrogen-bond acceptors (Lipinski definition) is 6. The normalized spacial score (nSPS) is 57.2. The van der Waals surface area contributed by atoms with Gasteiger partial charge in [-0.25, -0.2) is 14.8 Å². The van der Waals surface area contributed by atoms with Gasteiger partial charge in [0.05, 0.1) is 0 Å². The average Bonchev–Trinajstić information content (AvgIpc) is 2.74. The lowest BCUT2D eigenvalue weighted by Crippen LogP contribution is -2.81. The third kappa shape index (κ3) is 1.72. The van der Waals surface area contributed by atoms with Crippen LogP contribution in [0.3, 0.4) is 0 Å². The van der Waals surface area contributed by atoms with Crippen molar-refractivity contribution < 1.29 is 29.1 Å². The summed E-state index contributed by atoms with van der Waals surface area (Å²) in [6, 6.07) is 0. The molecule has 1 N–H and O–H groups in total. The van der Waals surface area contributed by atoms with Gasteiger partial charge in [0, 0.05) is 29.1 Å². The van der Waals surface area contributed by atoms with Gasteiger partial charge in [-0.15, -0.1) is 0 Å². The number of carbonyl (C=O) groups is 1. The molecule has 3 heterocycles. The van der Waals surface area contributed by atoms with Crippen molar-refractivity contribution in [3.63, 3.8) is 0 Å². The zero-order valence-electron chi connectivity index (χ0n) is 14.9. The lowest BCUT2D eigenvalue weighted by molar-refractivity contribution is -0.540. The summed E-state index contributed by atoms with van der Waals surface area (Å²) < 4.78 is 12.4. The van der Waals surface area contributed by atoms with Gasteiger partial charge in [-0.3, -0.25) is 4.79 Å². The Morgan fingerprint density at radius 3 is 2.84 bits per heavy atom. The van der Waals surface area contributed by atoms with E-state index in [9.17, 15) is 4.79 Å². The molecule has 3 bridgehead atoms. The number of fused-ring (bicyclic) bond motifs is 4. The highest BCUT2D eigenvalue weighted by Gasteiger charge is 2.83. The molecule has 3 aliphatic carbocycles. The van der Waals surface area contributed by atoms with Crippen LogP contribution in [0.2, 0.25) is 0 Å². The van der Waals surface area contributed by atoms with Gasteiger partial charge in [0.1, 0.15) is 12.6 Å². The van der Waals surface area contributed by atoms with Crippen LogP contribution in [0.15, 0.2) is 4.99 Å². The molecule has 0 radical (unpaired) electrons. The van der Waals surface area contributed by atoms with Crippen LogP contribution in [0.1, 0.15) is 46.5 Å². The standard InChI is InChI=1S/C18H25NO6/c1-9-4-5-18-10(2)13(19-8-11(20)21)22-14-12(18)17(9)7-6-16(3,23-14)25-24-15(17)18/h9-10,12,14-15H,4-8H2,1-3H3,(H,20,21)/t9-,10+,12?,14?,15?,16+,17?,18?/m1/s1. The zero-order valence-corrected chi connectivity index (χ0v) is 14.9. The fourth-order valence-electron chi connectivity index (χ4n) is 6.64. The van der Waals surface area contributed by atoms with Crippen LogP contribution in [0.4, 0.5) is 0 Å². The summed E-state index contributed by atoms with van der Waals surface area (Å²) in [5.41, 5.74) is -0.123. The van der Waals surface area contributed by atoms with Crippen LogP contribution in [0.5, 0.6) is 0 Å². The van der Waals surface area contributed by atoms with Gasteiger partial charge in [-0.1, -0.05) is 13.8 Å². The van der Waals surface area contributed by atoms with Crippen molar-refractivity contribution in [3.05, 3.63) is 0 Å². The predicted molar refractivity (Wildman–Crippen MR) is 85.4 cm³/mol. The number of ether oxygens (including phenoxy) is 2. The van der Waals surface area contributed by atoms with Gasteiger partial charge in [0.2, 0.25) is 12.1 Å². The minimum Gasteiger partial charge on any atom is -0.480 e. The van der Waals surface area contributed by atoms with Crippen molar-refractivity contribution in [1.29, 1.82) is 0 Å². The van der Waals surface area contributed by atoms with Crippen molar-refractivity contribution in [2.75, 3.05) is 6.54 Å². The van der Waals surface area contributed by atoms with Gasteiger partial charge in [-0.2, -0.15) is 0 Å². The molecule has 138 valence electrons. The molecule has 5 unspecified atom stereocenters. The molecule has 0 aromatic heterocycles. The number of aliphatic imine (C=N–C) groups is 1. The molecular weight excluding hydrogens is 326 g/mol. The fourth-order valence-corrected chi connectivity index (χ4v) is 6.64. The first-order valence-corrected chi connectivity index (χ1v) is 9.28. The Morgan fingerprint density at radius 1 is 1.28 bits per heavy atom. The number of nitrogens with zero attached hydrogens (tertiary/aromatic N) is 1. The Labute approximate surface area is 146 Å². The SMILES string of the molecule is C[C@@H]1CCC23C4OO[C@@]5(C)CCC41C2C(OC(=NCC(=O)O)[C@@H]3C)O5. The number of aliphatic carboxylic acids is 1. The highest BCUT2D eigenvalue weighted by Crippen LogP contribution is 2.79. The van der Waals surface area contributed by atoms with Crippen molar-refractivity contribution in [1.82, 2.24) is 0 Å². The van der Waals surface area contributed by atoms with E-state index in [4.69, 9.17) is 24.4 Å². The Morgan fingerprint density at radius 2 is 2.08 bits per heavy atom. The molecule has 6 fully saturated rings. The predicted octanol–water partition coefficient (Wildman–Crippen LogP) is 2.35. The van der Waals surface area contributed by atoms with E-state index in [0.29, 0.717) is 11.8 Å². The second-order valence-electron chi connectivity index (χ2n) is 8.71. The van der Waals surface area contributed by atoms with Crippen molar-refractivity contribution in [3.8, 4) is 0 Å². The molecule has 6 rings (SSSR count). The maximum Gasteiger partial charge on any atom is 0.325 e. The molecule has 3 aliphatic heterocycles. The number of carboxylic acids is 1. The molecule has 3 saturated carbocycles. The maximum atomic E-state index is 11.0. The summed E-state index contributed by atoms with van der Waals surface area (Å²) in [5, 5.41) is 9.00. The lowest BCUT2D eigenvalue weighted by Gasteiger charge is -2.76. The van der Waals surface area contributed by atoms with Crippen molar-refractivity contribution in [2.24, 2.45) is 33.6 Å². The molecule has 0 aromatic carbocycles. The summed E-state index contributed by atoms with van der Waals surface area (Å²) in [4.78, 5) is 27.0. The topological polar surface area (TPSA) is 86.6 Å². The molecule has 7 nitrogen and oxygen atoms in total. The van der Waals surface area contributed by atoms with Gasteiger partial charge in [0.25, 0.3) is 0 Å². The molecule has 0 amide bonds. The Balaban J connectivity index is 1.63. The molecular formula is C18H25NO6. The first kappa shape index (κ1) is 16.0. The van der Waals surface area contributed by atoms with E-state index < -0.39 is 18.0 Å². The Bertz CT molecular complexity index is 666. The van der Waals surface area contributed by atoms with Crippen LogP contribution >= 0.6 is 0 Å². The van der Waals surface area contributed by atoms with Crippen LogP contribution in [0.25, 0.3) is 0 Å². The molecule has 7 heteroatoms. The summed E-state index contributed by atoms with van der Waals surface area (Å²) in [7, 11) is 0. The van der Waals surface area contributed by atoms with E-state index in [-0.39, 0.29) is 35.3 Å². The maximum absolute atomic E-state index is 11.0. The van der Waals surface area contributed by atoms with Gasteiger partial charge in [0.15, 0.2) is 5.90 Å². The fraction of sp³-hybridized carbons (Fsp3) is 0.889. The van der Waals surface area contributed by atoms with Gasteiger partial charge < -0.3 is 14.6 Å². The molecule has 2 spiro atoms. The van der Waals surface area contributed by atoms with Crippen LogP contribution in [-0.4, -0.2) is 41.7 Å². The minimum atomic E-state index is -0.960. The van der Waals surface area contributed by atoms with E-state index >= 15 is 0 Å². The molecule has 25 heavy (non-hydrogen) atoms. The summed E-state index contributed by atoms with van der Waals surface area (Å²) >= 11 is 0. The van der Waals surface area contributed by atoms with E-state index in [1.54, 1.807) is 0 Å². The minimum absolute atomic E-state index is 0.00379. The van der Waals surface area contributed by atoms with Crippen LogP contribution < -0.4 is 0 Å². The van der Waals surface area contributed by atoms with Gasteiger partial charge in [-0.05, 0) is 32.1 Å². The Hall–Kier alpha value is -1.18. The molecule has 0 aromatic rings. The second-order valence-corrected chi connectivity index (χ2v) is 8.71. The average molecular weight is 351 g/mol. The number of carboxylic acid groups (broad SMARTS) is 1. The first-order chi connectivity index (χ1) is 11.8. The van der Waals surface area contributed by atoms with E-state index in [1.165, 1.54) is 0 Å². The molecule has 8 atom stereocenters. The van der Waals surface area contributed by atoms with Crippen molar-refractivity contribution >= 4 is 11.9 Å². The number of hydrogen-bond donors (Lipinski definition) is 1. The quantitative estimate of drug-likeness (QED) is 0.769. The summed E-state index contributed by atoms with van der Waals surface area (Å²) in [6.07, 6.45) is 3.47. The molecule has 6 aliphatic rings. The highest BCUT2D eigenvalue weighted by atomic mass is 17.2. The largest absolute Gasteiger partial charge is 0.480 e. The van der Waals surface area contributed by atoms with Crippen LogP contribution in [-0.2, 0) is 24.0 Å². The third-order valence-corrected chi connectivity index (χ3v) is 7.82. The van der Waals surface area contributed by atoms with E-state index in [1.807, 2.05) is 6.92 Å². The van der Waals surface area contributed by atoms with Crippen LogP contribution in [0, 0.1) is 28.6 Å². The monoisotopic (exact) mass is 351 g/mol. The zero-order chi connectivity index (χ0) is 17.6. The number of rotatable bonds is 2. The summed E-state index contributed by atoms with van der Waals surface area (Å²) in [6.45, 7) is 6.00. The van der Waals surface area contributed by atoms with Crippen molar-refractivity contribution in [2.45, 2.75) is 64.6 Å². The second kappa shape index (κ2) is 4.75. The van der Waals surface area contributed by atoms with Gasteiger partial charge >= 0.3 is 5.97 Å². The first-order valence-electron chi connectivity index (χ1n) is 9.28. The van der Waals surface area contributed by atoms with E-state index in [0.717, 1.165) is 25.7 Å². The highest BCUT2D eigenvalue weighted by molar-refractivity contribution is 5.83. The molecule has 3 saturated heterocycles. The summed E-state index contributed by atoms with van der Waals surface area (Å²) in [5.74, 6) is -0.530. The lowest BCUT2D eigenvalue weighted by atomic mass is 9.31. The van der Waals surface area contributed by atoms with E-state index in [2.05, 4.69) is 18.8 Å².